The number of nitrogens with zero attached hydrogens (tertiary/aromatic N) is 2. The van der Waals surface area contributed by atoms with Crippen molar-refractivity contribution in [1.29, 1.82) is 0 Å². The summed E-state index contributed by atoms with van der Waals surface area (Å²) >= 11 is 1.79. The van der Waals surface area contributed by atoms with Crippen LogP contribution in [0.5, 0.6) is 0 Å². The molecule has 1 unspecified atom stereocenters. The highest BCUT2D eigenvalue weighted by atomic mass is 32.1. The van der Waals surface area contributed by atoms with Crippen molar-refractivity contribution < 1.29 is 0 Å². The number of pyridine rings is 1. The van der Waals surface area contributed by atoms with Crippen LogP contribution in [0, 0.1) is 0 Å². The van der Waals surface area contributed by atoms with Gasteiger partial charge < -0.3 is 5.73 Å². The highest BCUT2D eigenvalue weighted by molar-refractivity contribution is 7.09. The molecule has 2 rings (SSSR count). The van der Waals surface area contributed by atoms with Crippen molar-refractivity contribution in [3.8, 4) is 0 Å². The molecule has 0 aromatic carbocycles. The molecule has 0 amide bonds. The third-order valence-electron chi connectivity index (χ3n) is 3.27. The molecule has 0 spiro atoms. The first-order valence-electron chi connectivity index (χ1n) is 6.60. The molecule has 2 aromatic rings. The number of rotatable bonds is 6. The molecule has 0 fully saturated rings. The predicted molar refractivity (Wildman–Crippen MR) is 81.0 cm³/mol. The normalized spacial score (nSPS) is 13.1. The Kier molecular flexibility index (Phi) is 5.07. The van der Waals surface area contributed by atoms with E-state index in [1.165, 1.54) is 10.4 Å². The van der Waals surface area contributed by atoms with E-state index < -0.39 is 0 Å². The molecule has 1 atom stereocenters. The topological polar surface area (TPSA) is 42.1 Å². The van der Waals surface area contributed by atoms with E-state index in [1.807, 2.05) is 12.3 Å². The van der Waals surface area contributed by atoms with Gasteiger partial charge in [-0.15, -0.1) is 11.3 Å². The lowest BCUT2D eigenvalue weighted by molar-refractivity contribution is 0.149. The maximum atomic E-state index is 6.01. The largest absolute Gasteiger partial charge is 0.329 e. The zero-order chi connectivity index (χ0) is 13.7. The van der Waals surface area contributed by atoms with E-state index in [9.17, 15) is 0 Å². The SMILES string of the molecule is CC(C)N(Cc1cccs1)C(CN)c1cccnc1. The van der Waals surface area contributed by atoms with Crippen LogP contribution in [-0.2, 0) is 6.54 Å². The van der Waals surface area contributed by atoms with E-state index in [-0.39, 0.29) is 6.04 Å². The van der Waals surface area contributed by atoms with E-state index in [0.29, 0.717) is 12.6 Å². The van der Waals surface area contributed by atoms with Gasteiger partial charge in [-0.25, -0.2) is 0 Å². The second kappa shape index (κ2) is 6.80. The Morgan fingerprint density at radius 3 is 2.68 bits per heavy atom. The van der Waals surface area contributed by atoms with Gasteiger partial charge in [-0.1, -0.05) is 12.1 Å². The molecular weight excluding hydrogens is 254 g/mol. The lowest BCUT2D eigenvalue weighted by atomic mass is 10.1. The first kappa shape index (κ1) is 14.2. The van der Waals surface area contributed by atoms with E-state index in [2.05, 4.69) is 47.3 Å². The number of nitrogens with two attached hydrogens (primary N) is 1. The highest BCUT2D eigenvalue weighted by Crippen LogP contribution is 2.25. The molecule has 4 heteroatoms. The van der Waals surface area contributed by atoms with Gasteiger partial charge in [-0.2, -0.15) is 0 Å². The third-order valence-corrected chi connectivity index (χ3v) is 4.14. The Hall–Kier alpha value is -1.23. The molecule has 0 bridgehead atoms. The predicted octanol–water partition coefficient (Wildman–Crippen LogP) is 3.05. The third kappa shape index (κ3) is 3.62. The van der Waals surface area contributed by atoms with Crippen molar-refractivity contribution >= 4 is 11.3 Å². The fourth-order valence-electron chi connectivity index (χ4n) is 2.27. The maximum absolute atomic E-state index is 6.01. The van der Waals surface area contributed by atoms with Gasteiger partial charge in [0.05, 0.1) is 0 Å². The Morgan fingerprint density at radius 1 is 1.32 bits per heavy atom. The fraction of sp³-hybridized carbons (Fsp3) is 0.400. The quantitative estimate of drug-likeness (QED) is 0.881. The molecular formula is C15H21N3S. The number of aromatic nitrogens is 1. The molecule has 3 nitrogen and oxygen atoms in total. The molecule has 0 saturated heterocycles. The summed E-state index contributed by atoms with van der Waals surface area (Å²) in [7, 11) is 0. The van der Waals surface area contributed by atoms with E-state index in [4.69, 9.17) is 5.73 Å². The lowest BCUT2D eigenvalue weighted by Gasteiger charge is -2.34. The molecule has 0 saturated carbocycles. The fourth-order valence-corrected chi connectivity index (χ4v) is 2.98. The first-order valence-corrected chi connectivity index (χ1v) is 7.48. The smallest absolute Gasteiger partial charge is 0.0492 e. The van der Waals surface area contributed by atoms with Gasteiger partial charge in [0.25, 0.3) is 0 Å². The van der Waals surface area contributed by atoms with Gasteiger partial charge in [0, 0.05) is 42.4 Å². The standard InChI is InChI=1S/C15H21N3S/c1-12(2)18(11-14-6-4-8-19-14)15(9-16)13-5-3-7-17-10-13/h3-8,10,12,15H,9,11,16H2,1-2H3. The highest BCUT2D eigenvalue weighted by Gasteiger charge is 2.22. The van der Waals surface area contributed by atoms with Crippen LogP contribution >= 0.6 is 11.3 Å². The first-order chi connectivity index (χ1) is 9.22. The minimum absolute atomic E-state index is 0.218. The molecule has 2 N–H and O–H groups in total. The van der Waals surface area contributed by atoms with Crippen LogP contribution < -0.4 is 5.73 Å². The second-order valence-corrected chi connectivity index (χ2v) is 5.92. The van der Waals surface area contributed by atoms with Gasteiger partial charge >= 0.3 is 0 Å². The Labute approximate surface area is 119 Å². The van der Waals surface area contributed by atoms with Crippen molar-refractivity contribution in [3.05, 3.63) is 52.5 Å². The number of thiophene rings is 1. The van der Waals surface area contributed by atoms with Crippen LogP contribution in [0.1, 0.15) is 30.3 Å². The van der Waals surface area contributed by atoms with Crippen LogP contribution in [-0.4, -0.2) is 22.5 Å². The second-order valence-electron chi connectivity index (χ2n) is 4.88. The van der Waals surface area contributed by atoms with Crippen LogP contribution in [0.4, 0.5) is 0 Å². The molecule has 19 heavy (non-hydrogen) atoms. The molecule has 2 aromatic heterocycles. The molecule has 2 heterocycles. The zero-order valence-corrected chi connectivity index (χ0v) is 12.3. The zero-order valence-electron chi connectivity index (χ0n) is 11.5. The maximum Gasteiger partial charge on any atom is 0.0492 e. The van der Waals surface area contributed by atoms with Crippen molar-refractivity contribution in [2.75, 3.05) is 6.54 Å². The minimum Gasteiger partial charge on any atom is -0.329 e. The van der Waals surface area contributed by atoms with Gasteiger partial charge in [0.1, 0.15) is 0 Å². The van der Waals surface area contributed by atoms with Crippen molar-refractivity contribution in [2.45, 2.75) is 32.5 Å². The Morgan fingerprint density at radius 2 is 2.16 bits per heavy atom. The van der Waals surface area contributed by atoms with Gasteiger partial charge in [-0.3, -0.25) is 9.88 Å². The number of hydrogen-bond acceptors (Lipinski definition) is 4. The minimum atomic E-state index is 0.218. The van der Waals surface area contributed by atoms with E-state index >= 15 is 0 Å². The summed E-state index contributed by atoms with van der Waals surface area (Å²) in [6, 6.07) is 9.01. The van der Waals surface area contributed by atoms with Crippen molar-refractivity contribution in [2.24, 2.45) is 5.73 Å². The van der Waals surface area contributed by atoms with Crippen LogP contribution in [0.15, 0.2) is 42.0 Å². The molecule has 0 radical (unpaired) electrons. The van der Waals surface area contributed by atoms with Crippen LogP contribution in [0.25, 0.3) is 0 Å². The average molecular weight is 275 g/mol. The summed E-state index contributed by atoms with van der Waals surface area (Å²) in [6.07, 6.45) is 3.72. The summed E-state index contributed by atoms with van der Waals surface area (Å²) < 4.78 is 0. The summed E-state index contributed by atoms with van der Waals surface area (Å²) in [5.41, 5.74) is 7.20. The van der Waals surface area contributed by atoms with Crippen LogP contribution in [0.3, 0.4) is 0 Å². The van der Waals surface area contributed by atoms with Crippen molar-refractivity contribution in [3.63, 3.8) is 0 Å². The van der Waals surface area contributed by atoms with E-state index in [1.54, 1.807) is 17.5 Å². The number of hydrogen-bond donors (Lipinski definition) is 1. The molecule has 0 aliphatic heterocycles. The van der Waals surface area contributed by atoms with Gasteiger partial charge in [0.2, 0.25) is 0 Å². The summed E-state index contributed by atoms with van der Waals surface area (Å²) in [5, 5.41) is 2.12. The Balaban J connectivity index is 2.21. The monoisotopic (exact) mass is 275 g/mol. The lowest BCUT2D eigenvalue weighted by Crippen LogP contribution is -2.38. The Bertz CT molecular complexity index is 467. The summed E-state index contributed by atoms with van der Waals surface area (Å²) in [5.74, 6) is 0. The summed E-state index contributed by atoms with van der Waals surface area (Å²) in [4.78, 5) is 8.02. The van der Waals surface area contributed by atoms with Crippen LogP contribution in [0.2, 0.25) is 0 Å². The van der Waals surface area contributed by atoms with Gasteiger partial charge in [-0.05, 0) is 36.9 Å². The summed E-state index contributed by atoms with van der Waals surface area (Å²) in [6.45, 7) is 5.97. The molecule has 0 aliphatic rings. The van der Waals surface area contributed by atoms with Gasteiger partial charge in [0.15, 0.2) is 0 Å². The average Bonchev–Trinajstić information content (AvgIpc) is 2.92. The van der Waals surface area contributed by atoms with E-state index in [0.717, 1.165) is 6.54 Å². The van der Waals surface area contributed by atoms with Crippen molar-refractivity contribution in [1.82, 2.24) is 9.88 Å². The molecule has 102 valence electrons. The molecule has 0 aliphatic carbocycles.